The molecule has 0 aromatic rings. The van der Waals surface area contributed by atoms with Crippen LogP contribution in [-0.2, 0) is 37.5 Å². The summed E-state index contributed by atoms with van der Waals surface area (Å²) in [4.78, 5) is 45.8. The van der Waals surface area contributed by atoms with Gasteiger partial charge in [0.1, 0.15) is 12.6 Å². The molecule has 0 radical (unpaired) electrons. The van der Waals surface area contributed by atoms with Crippen LogP contribution in [0.15, 0.2) is 0 Å². The van der Waals surface area contributed by atoms with E-state index in [1.165, 1.54) is 128 Å². The number of esters is 2. The Morgan fingerprint density at radius 3 is 1.21 bits per heavy atom. The number of hydrogen-bond donors (Lipinski definition) is 3. The minimum Gasteiger partial charge on any atom is -0.480 e. The minimum atomic E-state index is -4.70. The predicted molar refractivity (Wildman–Crippen MR) is 208 cm³/mol. The van der Waals surface area contributed by atoms with E-state index in [-0.39, 0.29) is 19.4 Å². The van der Waals surface area contributed by atoms with Gasteiger partial charge in [0.25, 0.3) is 0 Å². The van der Waals surface area contributed by atoms with Crippen LogP contribution in [0.3, 0.4) is 0 Å². The molecule has 0 saturated heterocycles. The summed E-state index contributed by atoms with van der Waals surface area (Å²) in [6.07, 6.45) is 33.2. The highest BCUT2D eigenvalue weighted by atomic mass is 31.2. The topological polar surface area (TPSA) is 172 Å². The molecule has 0 heterocycles. The number of unbranched alkanes of at least 4 members (excludes halogenated alkanes) is 26. The summed E-state index contributed by atoms with van der Waals surface area (Å²) in [7, 11) is -4.70. The van der Waals surface area contributed by atoms with Gasteiger partial charge in [0.05, 0.1) is 13.2 Å². The molecule has 0 rings (SSSR count). The van der Waals surface area contributed by atoms with Crippen LogP contribution in [0.1, 0.15) is 206 Å². The van der Waals surface area contributed by atoms with E-state index in [2.05, 4.69) is 18.4 Å². The summed E-state index contributed by atoms with van der Waals surface area (Å²) in [5.41, 5.74) is 5.32. The molecule has 1 unspecified atom stereocenters. The number of nitrogens with two attached hydrogens (primary N) is 1. The predicted octanol–water partition coefficient (Wildman–Crippen LogP) is 10.7. The van der Waals surface area contributed by atoms with Gasteiger partial charge >= 0.3 is 25.7 Å². The highest BCUT2D eigenvalue weighted by molar-refractivity contribution is 7.47. The van der Waals surface area contributed by atoms with E-state index < -0.39 is 51.1 Å². The largest absolute Gasteiger partial charge is 0.480 e. The van der Waals surface area contributed by atoms with Gasteiger partial charge in [-0.25, -0.2) is 4.57 Å². The van der Waals surface area contributed by atoms with Crippen molar-refractivity contribution >= 4 is 25.7 Å². The number of phosphoric ester groups is 1. The lowest BCUT2D eigenvalue weighted by atomic mass is 10.0. The zero-order valence-corrected chi connectivity index (χ0v) is 34.1. The van der Waals surface area contributed by atoms with Crippen molar-refractivity contribution < 1.29 is 47.5 Å². The smallest absolute Gasteiger partial charge is 0.472 e. The Morgan fingerprint density at radius 2 is 0.846 bits per heavy atom. The van der Waals surface area contributed by atoms with Crippen LogP contribution >= 0.6 is 7.82 Å². The fourth-order valence-electron chi connectivity index (χ4n) is 6.01. The third-order valence-corrected chi connectivity index (χ3v) is 10.3. The lowest BCUT2D eigenvalue weighted by molar-refractivity contribution is -0.161. The molecular formula is C40H78NO10P. The minimum absolute atomic E-state index is 0.169. The van der Waals surface area contributed by atoms with Crippen molar-refractivity contribution in [1.82, 2.24) is 0 Å². The van der Waals surface area contributed by atoms with Crippen molar-refractivity contribution in [2.75, 3.05) is 19.8 Å². The number of hydrogen-bond acceptors (Lipinski definition) is 9. The van der Waals surface area contributed by atoms with Crippen molar-refractivity contribution in [1.29, 1.82) is 0 Å². The normalized spacial score (nSPS) is 13.8. The summed E-state index contributed by atoms with van der Waals surface area (Å²) >= 11 is 0. The lowest BCUT2D eigenvalue weighted by Crippen LogP contribution is -2.34. The molecule has 0 fully saturated rings. The van der Waals surface area contributed by atoms with E-state index in [9.17, 15) is 23.8 Å². The van der Waals surface area contributed by atoms with Gasteiger partial charge in [0, 0.05) is 12.8 Å². The van der Waals surface area contributed by atoms with Crippen LogP contribution in [0, 0.1) is 0 Å². The second-order valence-corrected chi connectivity index (χ2v) is 15.9. The lowest BCUT2D eigenvalue weighted by Gasteiger charge is -2.20. The molecule has 0 amide bonds. The van der Waals surface area contributed by atoms with Crippen LogP contribution in [0.4, 0.5) is 0 Å². The second kappa shape index (κ2) is 36.5. The van der Waals surface area contributed by atoms with E-state index in [0.717, 1.165) is 38.5 Å². The number of ether oxygens (including phenoxy) is 2. The monoisotopic (exact) mass is 764 g/mol. The van der Waals surface area contributed by atoms with Gasteiger partial charge in [-0.1, -0.05) is 181 Å². The molecule has 0 aliphatic carbocycles. The summed E-state index contributed by atoms with van der Waals surface area (Å²) in [5, 5.41) is 8.86. The average molecular weight is 764 g/mol. The number of aliphatic carboxylic acids is 1. The zero-order chi connectivity index (χ0) is 38.5. The fraction of sp³-hybridized carbons (Fsp3) is 0.925. The molecule has 0 spiro atoms. The maximum absolute atomic E-state index is 12.6. The molecule has 0 aromatic heterocycles. The molecule has 0 bridgehead atoms. The molecule has 12 heteroatoms. The number of phosphoric acid groups is 1. The first-order chi connectivity index (χ1) is 25.1. The van der Waals surface area contributed by atoms with Gasteiger partial charge < -0.3 is 25.2 Å². The number of carbonyl (C=O) groups is 3. The quantitative estimate of drug-likeness (QED) is 0.0308. The Hall–Kier alpha value is -1.52. The van der Waals surface area contributed by atoms with E-state index in [1.54, 1.807) is 0 Å². The van der Waals surface area contributed by atoms with Crippen LogP contribution < -0.4 is 5.73 Å². The number of carbonyl (C=O) groups excluding carboxylic acids is 2. The van der Waals surface area contributed by atoms with Crippen LogP contribution in [0.25, 0.3) is 0 Å². The third kappa shape index (κ3) is 35.5. The maximum atomic E-state index is 12.6. The average Bonchev–Trinajstić information content (AvgIpc) is 3.12. The number of rotatable bonds is 40. The molecule has 11 nitrogen and oxygen atoms in total. The van der Waals surface area contributed by atoms with Crippen LogP contribution in [-0.4, -0.2) is 59.9 Å². The standard InChI is InChI=1S/C40H78NO10P/c1-3-5-7-9-11-13-14-15-16-17-18-19-20-21-22-24-26-28-30-32-39(43)51-36(34-49-52(46,47)50-35-37(41)40(44)45)33-48-38(42)31-29-27-25-23-12-10-8-6-4-2/h36-37H,3-35,41H2,1-2H3,(H,44,45)(H,46,47)/t36-,37+/m1/s1. The van der Waals surface area contributed by atoms with Gasteiger partial charge in [-0.05, 0) is 12.8 Å². The summed E-state index contributed by atoms with van der Waals surface area (Å²) in [6, 6.07) is -1.51. The molecule has 52 heavy (non-hydrogen) atoms. The van der Waals surface area contributed by atoms with E-state index in [0.29, 0.717) is 12.8 Å². The molecule has 4 N–H and O–H groups in total. The van der Waals surface area contributed by atoms with Crippen molar-refractivity contribution in [3.05, 3.63) is 0 Å². The highest BCUT2D eigenvalue weighted by Crippen LogP contribution is 2.43. The van der Waals surface area contributed by atoms with Gasteiger partial charge in [-0.2, -0.15) is 0 Å². The maximum Gasteiger partial charge on any atom is 0.472 e. The van der Waals surface area contributed by atoms with Gasteiger partial charge in [0.2, 0.25) is 0 Å². The van der Waals surface area contributed by atoms with Gasteiger partial charge in [-0.15, -0.1) is 0 Å². The molecule has 0 aliphatic heterocycles. The SMILES string of the molecule is CCCCCCCCCCCCCCCCCCCCCC(=O)O[C@H](COC(=O)CCCCCCCCCCC)COP(=O)(O)OC[C@H](N)C(=O)O. The molecule has 3 atom stereocenters. The van der Waals surface area contributed by atoms with Crippen molar-refractivity contribution in [3.8, 4) is 0 Å². The Morgan fingerprint density at radius 1 is 0.519 bits per heavy atom. The van der Waals surface area contributed by atoms with Crippen LogP contribution in [0.5, 0.6) is 0 Å². The third-order valence-electron chi connectivity index (χ3n) is 9.36. The molecule has 0 aromatic carbocycles. The van der Waals surface area contributed by atoms with Crippen molar-refractivity contribution in [3.63, 3.8) is 0 Å². The zero-order valence-electron chi connectivity index (χ0n) is 33.2. The highest BCUT2D eigenvalue weighted by Gasteiger charge is 2.28. The molecular weight excluding hydrogens is 685 g/mol. The van der Waals surface area contributed by atoms with Gasteiger partial charge in [0.15, 0.2) is 6.10 Å². The first-order valence-corrected chi connectivity index (χ1v) is 22.6. The first-order valence-electron chi connectivity index (χ1n) is 21.1. The Kier molecular flexibility index (Phi) is 35.4. The Bertz CT molecular complexity index is 906. The second-order valence-electron chi connectivity index (χ2n) is 14.5. The van der Waals surface area contributed by atoms with Crippen molar-refractivity contribution in [2.24, 2.45) is 5.73 Å². The van der Waals surface area contributed by atoms with Gasteiger partial charge in [-0.3, -0.25) is 23.4 Å². The molecule has 0 aliphatic rings. The Balaban J connectivity index is 4.25. The molecule has 0 saturated carbocycles. The molecule has 308 valence electrons. The summed E-state index contributed by atoms with van der Waals surface area (Å²) < 4.78 is 32.6. The summed E-state index contributed by atoms with van der Waals surface area (Å²) in [5.74, 6) is -2.36. The van der Waals surface area contributed by atoms with E-state index in [4.69, 9.17) is 24.8 Å². The number of carboxylic acids is 1. The summed E-state index contributed by atoms with van der Waals surface area (Å²) in [6.45, 7) is 2.80. The van der Waals surface area contributed by atoms with E-state index >= 15 is 0 Å². The Labute approximate surface area is 316 Å². The van der Waals surface area contributed by atoms with Crippen LogP contribution in [0.2, 0.25) is 0 Å². The first kappa shape index (κ1) is 50.5. The fourth-order valence-corrected chi connectivity index (χ4v) is 6.79. The van der Waals surface area contributed by atoms with Crippen molar-refractivity contribution in [2.45, 2.75) is 219 Å². The van der Waals surface area contributed by atoms with E-state index in [1.807, 2.05) is 0 Å². The number of carboxylic acid groups (broad SMARTS) is 1.